The normalized spacial score (nSPS) is 10.1. The zero-order valence-electron chi connectivity index (χ0n) is 8.90. The number of hydrogen-bond acceptors (Lipinski definition) is 3. The van der Waals surface area contributed by atoms with Crippen molar-refractivity contribution >= 4 is 12.1 Å². The lowest BCUT2D eigenvalue weighted by Gasteiger charge is -2.08. The molecule has 0 saturated heterocycles. The second-order valence-corrected chi connectivity index (χ2v) is 3.71. The van der Waals surface area contributed by atoms with Crippen LogP contribution in [-0.2, 0) is 4.79 Å². The molecule has 3 nitrogen and oxygen atoms in total. The van der Waals surface area contributed by atoms with Gasteiger partial charge in [-0.3, -0.25) is 9.59 Å². The van der Waals surface area contributed by atoms with Crippen molar-refractivity contribution in [3.8, 4) is 5.75 Å². The summed E-state index contributed by atoms with van der Waals surface area (Å²) in [4.78, 5) is 21.4. The summed E-state index contributed by atoms with van der Waals surface area (Å²) in [6, 6.07) is 6.65. The zero-order valence-corrected chi connectivity index (χ0v) is 8.90. The van der Waals surface area contributed by atoms with E-state index in [-0.39, 0.29) is 0 Å². The number of aldehydes is 1. The van der Waals surface area contributed by atoms with Crippen molar-refractivity contribution in [3.63, 3.8) is 0 Å². The van der Waals surface area contributed by atoms with E-state index in [4.69, 9.17) is 4.74 Å². The third-order valence-electron chi connectivity index (χ3n) is 1.81. The lowest BCUT2D eigenvalue weighted by Crippen LogP contribution is -2.05. The molecule has 0 radical (unpaired) electrons. The first-order valence-corrected chi connectivity index (χ1v) is 4.86. The van der Waals surface area contributed by atoms with Gasteiger partial charge in [-0.2, -0.15) is 0 Å². The lowest BCUT2D eigenvalue weighted by molar-refractivity contribution is -0.104. The van der Waals surface area contributed by atoms with E-state index in [9.17, 15) is 9.59 Å². The van der Waals surface area contributed by atoms with Crippen LogP contribution in [0.2, 0.25) is 0 Å². The molecule has 0 aliphatic rings. The van der Waals surface area contributed by atoms with E-state index in [0.29, 0.717) is 30.1 Å². The van der Waals surface area contributed by atoms with Crippen LogP contribution in [-0.4, -0.2) is 18.7 Å². The molecule has 0 aliphatic heterocycles. The molecule has 0 atom stereocenters. The summed E-state index contributed by atoms with van der Waals surface area (Å²) < 4.78 is 5.43. The molecule has 0 amide bonds. The number of Topliss-reactive ketones (excluding diaryl/α,β-unsaturated/α-hetero) is 1. The van der Waals surface area contributed by atoms with Crippen molar-refractivity contribution in [3.05, 3.63) is 29.8 Å². The summed E-state index contributed by atoms with van der Waals surface area (Å²) in [6.07, 6.45) is 0.307. The van der Waals surface area contributed by atoms with Crippen LogP contribution >= 0.6 is 0 Å². The molecular formula is C12H14O3. The van der Waals surface area contributed by atoms with Crippen LogP contribution in [0.4, 0.5) is 0 Å². The molecule has 0 saturated carbocycles. The molecule has 1 rings (SSSR count). The Morgan fingerprint density at radius 2 is 2.20 bits per heavy atom. The Morgan fingerprint density at radius 1 is 1.47 bits per heavy atom. The van der Waals surface area contributed by atoms with E-state index < -0.39 is 5.78 Å². The highest BCUT2D eigenvalue weighted by atomic mass is 16.5. The molecule has 0 aromatic heterocycles. The molecular weight excluding hydrogens is 192 g/mol. The molecule has 1 aromatic carbocycles. The minimum Gasteiger partial charge on any atom is -0.493 e. The average Bonchev–Trinajstić information content (AvgIpc) is 2.25. The topological polar surface area (TPSA) is 43.4 Å². The molecule has 0 spiro atoms. The van der Waals surface area contributed by atoms with Crippen LogP contribution in [0.3, 0.4) is 0 Å². The Labute approximate surface area is 89.1 Å². The molecule has 0 unspecified atom stereocenters. The van der Waals surface area contributed by atoms with E-state index in [1.807, 2.05) is 13.8 Å². The molecule has 15 heavy (non-hydrogen) atoms. The zero-order chi connectivity index (χ0) is 11.3. The molecule has 0 N–H and O–H groups in total. The Hall–Kier alpha value is -1.64. The Morgan fingerprint density at radius 3 is 2.80 bits per heavy atom. The maximum absolute atomic E-state index is 11.1. The standard InChI is InChI=1S/C12H14O3/c1-9(2)8-15-11-5-3-4-10(6-11)12(14)7-13/h3-7,9H,8H2,1-2H3. The van der Waals surface area contributed by atoms with Gasteiger partial charge in [0.1, 0.15) is 5.75 Å². The molecule has 0 heterocycles. The first-order valence-electron chi connectivity index (χ1n) is 4.86. The van der Waals surface area contributed by atoms with Crippen LogP contribution in [0.15, 0.2) is 24.3 Å². The SMILES string of the molecule is CC(C)COc1cccc(C(=O)C=O)c1. The summed E-state index contributed by atoms with van der Waals surface area (Å²) in [5.74, 6) is 0.525. The third kappa shape index (κ3) is 3.54. The number of carbonyl (C=O) groups is 2. The van der Waals surface area contributed by atoms with Crippen LogP contribution in [0.25, 0.3) is 0 Å². The van der Waals surface area contributed by atoms with Gasteiger partial charge in [0.15, 0.2) is 6.29 Å². The fourth-order valence-electron chi connectivity index (χ4n) is 1.07. The number of ether oxygens (including phenoxy) is 1. The highest BCUT2D eigenvalue weighted by molar-refractivity contribution is 6.33. The fourth-order valence-corrected chi connectivity index (χ4v) is 1.07. The van der Waals surface area contributed by atoms with Crippen molar-refractivity contribution in [2.24, 2.45) is 5.92 Å². The van der Waals surface area contributed by atoms with Crippen molar-refractivity contribution in [1.82, 2.24) is 0 Å². The summed E-state index contributed by atoms with van der Waals surface area (Å²) in [5.41, 5.74) is 0.367. The fraction of sp³-hybridized carbons (Fsp3) is 0.333. The van der Waals surface area contributed by atoms with Gasteiger partial charge in [-0.25, -0.2) is 0 Å². The highest BCUT2D eigenvalue weighted by Gasteiger charge is 2.05. The Balaban J connectivity index is 2.74. The minimum atomic E-state index is -0.523. The molecule has 80 valence electrons. The number of carbonyl (C=O) groups excluding carboxylic acids is 2. The van der Waals surface area contributed by atoms with E-state index in [2.05, 4.69) is 0 Å². The average molecular weight is 206 g/mol. The van der Waals surface area contributed by atoms with Crippen molar-refractivity contribution in [1.29, 1.82) is 0 Å². The monoisotopic (exact) mass is 206 g/mol. The van der Waals surface area contributed by atoms with Gasteiger partial charge >= 0.3 is 0 Å². The predicted molar refractivity (Wildman–Crippen MR) is 57.2 cm³/mol. The third-order valence-corrected chi connectivity index (χ3v) is 1.81. The van der Waals surface area contributed by atoms with Gasteiger partial charge in [0.25, 0.3) is 0 Å². The second-order valence-electron chi connectivity index (χ2n) is 3.71. The van der Waals surface area contributed by atoms with E-state index in [0.717, 1.165) is 0 Å². The van der Waals surface area contributed by atoms with Gasteiger partial charge in [-0.05, 0) is 18.1 Å². The van der Waals surface area contributed by atoms with E-state index in [1.54, 1.807) is 24.3 Å². The van der Waals surface area contributed by atoms with Crippen molar-refractivity contribution in [2.45, 2.75) is 13.8 Å². The molecule has 0 aliphatic carbocycles. The van der Waals surface area contributed by atoms with Crippen LogP contribution in [0.5, 0.6) is 5.75 Å². The van der Waals surface area contributed by atoms with Gasteiger partial charge in [0.2, 0.25) is 5.78 Å². The smallest absolute Gasteiger partial charge is 0.225 e. The molecule has 1 aromatic rings. The first-order chi connectivity index (χ1) is 7.13. The summed E-state index contributed by atoms with van der Waals surface area (Å²) in [7, 11) is 0. The van der Waals surface area contributed by atoms with Gasteiger partial charge in [0.05, 0.1) is 6.61 Å². The van der Waals surface area contributed by atoms with Gasteiger partial charge in [-0.1, -0.05) is 26.0 Å². The summed E-state index contributed by atoms with van der Waals surface area (Å²) in [6.45, 7) is 4.68. The summed E-state index contributed by atoms with van der Waals surface area (Å²) in [5, 5.41) is 0. The van der Waals surface area contributed by atoms with Crippen molar-refractivity contribution in [2.75, 3.05) is 6.61 Å². The lowest BCUT2D eigenvalue weighted by atomic mass is 10.1. The minimum absolute atomic E-state index is 0.307. The number of ketones is 1. The van der Waals surface area contributed by atoms with Gasteiger partial charge < -0.3 is 4.74 Å². The maximum atomic E-state index is 11.1. The first kappa shape index (κ1) is 11.4. The van der Waals surface area contributed by atoms with E-state index in [1.165, 1.54) is 0 Å². The van der Waals surface area contributed by atoms with Crippen molar-refractivity contribution < 1.29 is 14.3 Å². The predicted octanol–water partition coefficient (Wildman–Crippen LogP) is 2.10. The number of hydrogen-bond donors (Lipinski definition) is 0. The van der Waals surface area contributed by atoms with E-state index >= 15 is 0 Å². The number of rotatable bonds is 5. The summed E-state index contributed by atoms with van der Waals surface area (Å²) >= 11 is 0. The molecule has 0 fully saturated rings. The molecule has 0 bridgehead atoms. The number of benzene rings is 1. The quantitative estimate of drug-likeness (QED) is 0.421. The van der Waals surface area contributed by atoms with Crippen LogP contribution < -0.4 is 4.74 Å². The maximum Gasteiger partial charge on any atom is 0.225 e. The van der Waals surface area contributed by atoms with Crippen LogP contribution in [0, 0.1) is 5.92 Å². The largest absolute Gasteiger partial charge is 0.493 e. The molecule has 3 heteroatoms. The highest BCUT2D eigenvalue weighted by Crippen LogP contribution is 2.14. The van der Waals surface area contributed by atoms with Crippen LogP contribution in [0.1, 0.15) is 24.2 Å². The Kier molecular flexibility index (Phi) is 4.03. The Bertz CT molecular complexity index is 356. The second kappa shape index (κ2) is 5.29. The van der Waals surface area contributed by atoms with Gasteiger partial charge in [-0.15, -0.1) is 0 Å². The van der Waals surface area contributed by atoms with Gasteiger partial charge in [0, 0.05) is 5.56 Å².